The first-order valence-corrected chi connectivity index (χ1v) is 6.49. The van der Waals surface area contributed by atoms with Gasteiger partial charge in [-0.3, -0.25) is 14.9 Å². The van der Waals surface area contributed by atoms with E-state index in [1.807, 2.05) is 6.07 Å². The summed E-state index contributed by atoms with van der Waals surface area (Å²) in [5, 5.41) is 8.64. The molecular formula is C13H18N4O2. The molecule has 1 aromatic heterocycles. The summed E-state index contributed by atoms with van der Waals surface area (Å²) in [4.78, 5) is 26.9. The average molecular weight is 262 g/mol. The molecule has 6 nitrogen and oxygen atoms in total. The smallest absolute Gasteiger partial charge is 0.249 e. The Hall–Kier alpha value is -2.11. The first kappa shape index (κ1) is 13.3. The second-order valence-corrected chi connectivity index (χ2v) is 4.50. The predicted molar refractivity (Wildman–Crippen MR) is 72.8 cm³/mol. The van der Waals surface area contributed by atoms with Crippen LogP contribution in [-0.4, -0.2) is 29.4 Å². The van der Waals surface area contributed by atoms with Gasteiger partial charge >= 0.3 is 0 Å². The number of amides is 2. The average Bonchev–Trinajstić information content (AvgIpc) is 2.40. The zero-order valence-corrected chi connectivity index (χ0v) is 10.9. The van der Waals surface area contributed by atoms with Crippen molar-refractivity contribution in [1.82, 2.24) is 10.3 Å². The second-order valence-electron chi connectivity index (χ2n) is 4.50. The predicted octanol–water partition coefficient (Wildman–Crippen LogP) is 1.12. The van der Waals surface area contributed by atoms with Crippen molar-refractivity contribution < 1.29 is 9.59 Å². The quantitative estimate of drug-likeness (QED) is 0.693. The third-order valence-corrected chi connectivity index (χ3v) is 2.90. The molecule has 1 aliphatic heterocycles. The Labute approximate surface area is 112 Å². The highest BCUT2D eigenvalue weighted by atomic mass is 16.2. The minimum Gasteiger partial charge on any atom is -0.374 e. The second kappa shape index (κ2) is 6.17. The minimum atomic E-state index is -0.362. The van der Waals surface area contributed by atoms with Crippen LogP contribution in [0.3, 0.4) is 0 Å². The molecule has 1 saturated heterocycles. The Morgan fingerprint density at radius 2 is 2.32 bits per heavy atom. The van der Waals surface area contributed by atoms with Crippen molar-refractivity contribution in [3.63, 3.8) is 0 Å². The molecule has 1 unspecified atom stereocenters. The van der Waals surface area contributed by atoms with Gasteiger partial charge in [-0.05, 0) is 18.9 Å². The molecule has 0 bridgehead atoms. The third-order valence-electron chi connectivity index (χ3n) is 2.90. The van der Waals surface area contributed by atoms with Crippen LogP contribution in [0.15, 0.2) is 18.3 Å². The first-order chi connectivity index (χ1) is 9.19. The zero-order chi connectivity index (χ0) is 13.7. The van der Waals surface area contributed by atoms with Crippen LogP contribution in [-0.2, 0) is 9.59 Å². The Kier molecular flexibility index (Phi) is 4.33. The molecule has 2 amide bonds. The van der Waals surface area contributed by atoms with Crippen molar-refractivity contribution in [2.75, 3.05) is 17.2 Å². The molecule has 1 aliphatic rings. The molecule has 102 valence electrons. The minimum absolute atomic E-state index is 0.205. The normalized spacial score (nSPS) is 18.9. The van der Waals surface area contributed by atoms with Gasteiger partial charge in [0.15, 0.2) is 0 Å². The monoisotopic (exact) mass is 262 g/mol. The van der Waals surface area contributed by atoms with Crippen molar-refractivity contribution in [3.05, 3.63) is 18.3 Å². The molecular weight excluding hydrogens is 244 g/mol. The van der Waals surface area contributed by atoms with Gasteiger partial charge in [-0.15, -0.1) is 0 Å². The molecule has 3 N–H and O–H groups in total. The molecule has 0 spiro atoms. The van der Waals surface area contributed by atoms with Gasteiger partial charge in [0.2, 0.25) is 11.8 Å². The summed E-state index contributed by atoms with van der Waals surface area (Å²) in [5.41, 5.74) is 0.822. The third kappa shape index (κ3) is 3.67. The van der Waals surface area contributed by atoms with Gasteiger partial charge in [0.05, 0.1) is 0 Å². The van der Waals surface area contributed by atoms with Crippen LogP contribution >= 0.6 is 0 Å². The number of nitrogens with one attached hydrogen (secondary N) is 3. The molecule has 0 aromatic carbocycles. The number of rotatable bonds is 5. The lowest BCUT2D eigenvalue weighted by Gasteiger charge is -2.22. The van der Waals surface area contributed by atoms with E-state index in [1.54, 1.807) is 12.3 Å². The number of pyridine rings is 1. The number of anilines is 2. The van der Waals surface area contributed by atoms with E-state index >= 15 is 0 Å². The molecule has 0 saturated carbocycles. The van der Waals surface area contributed by atoms with E-state index in [9.17, 15) is 9.59 Å². The van der Waals surface area contributed by atoms with Crippen LogP contribution in [0, 0.1) is 0 Å². The lowest BCUT2D eigenvalue weighted by Crippen LogP contribution is -2.47. The van der Waals surface area contributed by atoms with Crippen molar-refractivity contribution in [1.29, 1.82) is 0 Å². The van der Waals surface area contributed by atoms with Crippen molar-refractivity contribution in [2.45, 2.75) is 32.2 Å². The van der Waals surface area contributed by atoms with E-state index in [4.69, 9.17) is 0 Å². The fourth-order valence-electron chi connectivity index (χ4n) is 1.90. The maximum absolute atomic E-state index is 11.6. The summed E-state index contributed by atoms with van der Waals surface area (Å²) in [6.07, 6.45) is 3.60. The molecule has 1 atom stereocenters. The Morgan fingerprint density at radius 3 is 3.05 bits per heavy atom. The number of carbonyl (C=O) groups is 2. The molecule has 0 aliphatic carbocycles. The van der Waals surface area contributed by atoms with Gasteiger partial charge < -0.3 is 10.6 Å². The van der Waals surface area contributed by atoms with Crippen LogP contribution in [0.5, 0.6) is 0 Å². The van der Waals surface area contributed by atoms with Crippen molar-refractivity contribution in [3.8, 4) is 0 Å². The number of imide groups is 1. The van der Waals surface area contributed by atoms with E-state index < -0.39 is 0 Å². The van der Waals surface area contributed by atoms with E-state index in [1.165, 1.54) is 0 Å². The van der Waals surface area contributed by atoms with Gasteiger partial charge in [-0.25, -0.2) is 4.98 Å². The highest BCUT2D eigenvalue weighted by Crippen LogP contribution is 2.16. The van der Waals surface area contributed by atoms with Gasteiger partial charge in [-0.1, -0.05) is 6.92 Å². The van der Waals surface area contributed by atoms with Crippen molar-refractivity contribution in [2.24, 2.45) is 0 Å². The highest BCUT2D eigenvalue weighted by molar-refractivity contribution is 6.01. The first-order valence-electron chi connectivity index (χ1n) is 6.49. The lowest BCUT2D eigenvalue weighted by molar-refractivity contribution is -0.133. The van der Waals surface area contributed by atoms with Crippen LogP contribution in [0.1, 0.15) is 26.2 Å². The summed E-state index contributed by atoms with van der Waals surface area (Å²) < 4.78 is 0. The van der Waals surface area contributed by atoms with E-state index in [-0.39, 0.29) is 17.9 Å². The maximum Gasteiger partial charge on any atom is 0.249 e. The number of hydrogen-bond acceptors (Lipinski definition) is 5. The van der Waals surface area contributed by atoms with E-state index in [0.29, 0.717) is 12.8 Å². The molecule has 0 radical (unpaired) electrons. The Bertz CT molecular complexity index is 475. The van der Waals surface area contributed by atoms with Gasteiger partial charge in [0, 0.05) is 30.9 Å². The zero-order valence-electron chi connectivity index (χ0n) is 10.9. The molecule has 1 aromatic rings. The summed E-state index contributed by atoms with van der Waals surface area (Å²) >= 11 is 0. The summed E-state index contributed by atoms with van der Waals surface area (Å²) in [6.45, 7) is 2.94. The molecule has 1 fully saturated rings. The van der Waals surface area contributed by atoms with Crippen LogP contribution in [0.2, 0.25) is 0 Å². The Balaban J connectivity index is 1.98. The summed E-state index contributed by atoms with van der Waals surface area (Å²) in [6, 6.07) is 3.30. The van der Waals surface area contributed by atoms with E-state index in [2.05, 4.69) is 27.9 Å². The molecule has 19 heavy (non-hydrogen) atoms. The molecule has 2 heterocycles. The Morgan fingerprint density at radius 1 is 1.47 bits per heavy atom. The van der Waals surface area contributed by atoms with Crippen molar-refractivity contribution >= 4 is 23.3 Å². The fraction of sp³-hybridized carbons (Fsp3) is 0.462. The highest BCUT2D eigenvalue weighted by Gasteiger charge is 2.26. The van der Waals surface area contributed by atoms with E-state index in [0.717, 1.165) is 24.5 Å². The lowest BCUT2D eigenvalue weighted by atomic mass is 10.1. The van der Waals surface area contributed by atoms with Crippen LogP contribution < -0.4 is 16.0 Å². The number of aromatic nitrogens is 1. The maximum atomic E-state index is 11.6. The number of carbonyl (C=O) groups excluding carboxylic acids is 2. The molecule has 2 rings (SSSR count). The van der Waals surface area contributed by atoms with Crippen LogP contribution in [0.25, 0.3) is 0 Å². The summed E-state index contributed by atoms with van der Waals surface area (Å²) in [7, 11) is 0. The number of nitrogens with zero attached hydrogens (tertiary/aromatic N) is 1. The SMILES string of the molecule is CCCNc1cc(NC2CCC(=O)NC2=O)ccn1. The van der Waals surface area contributed by atoms with Gasteiger partial charge in [0.25, 0.3) is 0 Å². The van der Waals surface area contributed by atoms with Crippen LogP contribution in [0.4, 0.5) is 11.5 Å². The topological polar surface area (TPSA) is 83.1 Å². The largest absolute Gasteiger partial charge is 0.374 e. The van der Waals surface area contributed by atoms with Gasteiger partial charge in [0.1, 0.15) is 11.9 Å². The standard InChI is InChI=1S/C13H18N4O2/c1-2-6-14-11-8-9(5-7-15-11)16-10-3-4-12(18)17-13(10)19/h5,7-8,10H,2-4,6H2,1H3,(H2,14,15,16)(H,17,18,19). The number of piperidine rings is 1. The molecule has 6 heteroatoms. The fourth-order valence-corrected chi connectivity index (χ4v) is 1.90. The van der Waals surface area contributed by atoms with Gasteiger partial charge in [-0.2, -0.15) is 0 Å². The number of hydrogen-bond donors (Lipinski definition) is 3. The summed E-state index contributed by atoms with van der Waals surface area (Å²) in [5.74, 6) is 0.304.